The van der Waals surface area contributed by atoms with Gasteiger partial charge in [-0.2, -0.15) is 4.99 Å². The van der Waals surface area contributed by atoms with Gasteiger partial charge in [-0.3, -0.25) is 0 Å². The minimum absolute atomic E-state index is 0.0118. The predicted octanol–water partition coefficient (Wildman–Crippen LogP) is 1.75. The van der Waals surface area contributed by atoms with Gasteiger partial charge in [-0.1, -0.05) is 6.92 Å². The molecule has 0 saturated heterocycles. The van der Waals surface area contributed by atoms with Gasteiger partial charge in [0, 0.05) is 0 Å². The Labute approximate surface area is 142 Å². The third-order valence-corrected chi connectivity index (χ3v) is 4.87. The molecule has 24 heavy (non-hydrogen) atoms. The van der Waals surface area contributed by atoms with Crippen molar-refractivity contribution in [3.05, 3.63) is 24.3 Å². The van der Waals surface area contributed by atoms with Crippen molar-refractivity contribution in [3.8, 4) is 0 Å². The third-order valence-electron chi connectivity index (χ3n) is 3.02. The third kappa shape index (κ3) is 3.63. The summed E-state index contributed by atoms with van der Waals surface area (Å²) in [5.74, 6) is 1.62. The first-order valence-electron chi connectivity index (χ1n) is 6.91. The van der Waals surface area contributed by atoms with E-state index in [0.717, 1.165) is 10.8 Å². The van der Waals surface area contributed by atoms with E-state index in [-0.39, 0.29) is 16.9 Å². The van der Waals surface area contributed by atoms with Crippen LogP contribution in [0.1, 0.15) is 6.92 Å². The van der Waals surface area contributed by atoms with E-state index >= 15 is 0 Å². The van der Waals surface area contributed by atoms with Gasteiger partial charge in [0.1, 0.15) is 11.4 Å². The molecular weight excluding hydrogens is 350 g/mol. The highest BCUT2D eigenvalue weighted by Gasteiger charge is 2.29. The summed E-state index contributed by atoms with van der Waals surface area (Å²) < 4.78 is 22.4. The van der Waals surface area contributed by atoms with Crippen LogP contribution in [0.15, 0.2) is 59.4 Å². The van der Waals surface area contributed by atoms with Crippen LogP contribution in [0.25, 0.3) is 0 Å². The van der Waals surface area contributed by atoms with Crippen LogP contribution in [0.5, 0.6) is 0 Å². The molecule has 3 rings (SSSR count). The lowest BCUT2D eigenvalue weighted by Gasteiger charge is -2.11. The molecule has 0 spiro atoms. The molecule has 0 aliphatic carbocycles. The number of azo groups is 1. The summed E-state index contributed by atoms with van der Waals surface area (Å²) in [7, 11) is -3.73. The molecule has 0 aromatic heterocycles. The Balaban J connectivity index is 1.76. The molecule has 0 saturated carbocycles. The number of nitrogens with two attached hydrogens (primary N) is 1. The maximum absolute atomic E-state index is 11.2. The lowest BCUT2D eigenvalue weighted by molar-refractivity contribution is 0.598. The highest BCUT2D eigenvalue weighted by atomic mass is 32.2. The van der Waals surface area contributed by atoms with Crippen molar-refractivity contribution in [2.45, 2.75) is 17.9 Å². The summed E-state index contributed by atoms with van der Waals surface area (Å²) >= 11 is 1.58. The Kier molecular flexibility index (Phi) is 4.64. The van der Waals surface area contributed by atoms with E-state index in [1.165, 1.54) is 30.6 Å². The van der Waals surface area contributed by atoms with Crippen LogP contribution < -0.4 is 5.14 Å². The predicted molar refractivity (Wildman–Crippen MR) is 95.0 cm³/mol. The maximum atomic E-state index is 11.2. The molecule has 0 bridgehead atoms. The lowest BCUT2D eigenvalue weighted by atomic mass is 10.3. The summed E-state index contributed by atoms with van der Waals surface area (Å²) in [6.07, 6.45) is 1.45. The molecule has 0 radical (unpaired) electrons. The van der Waals surface area contributed by atoms with Crippen LogP contribution in [-0.4, -0.2) is 43.4 Å². The molecule has 1 atom stereocenters. The van der Waals surface area contributed by atoms with Gasteiger partial charge >= 0.3 is 0 Å². The summed E-state index contributed by atoms with van der Waals surface area (Å²) in [4.78, 5) is 16.9. The van der Waals surface area contributed by atoms with Gasteiger partial charge < -0.3 is 0 Å². The number of hydrogen-bond donors (Lipinski definition) is 1. The monoisotopic (exact) mass is 363 g/mol. The number of primary sulfonamides is 1. The fourth-order valence-corrected chi connectivity index (χ4v) is 3.21. The minimum atomic E-state index is -3.73. The molecular formula is C13H13N7O2S2. The molecule has 0 fully saturated rings. The van der Waals surface area contributed by atoms with Crippen LogP contribution in [0.4, 0.5) is 5.69 Å². The van der Waals surface area contributed by atoms with Crippen molar-refractivity contribution in [3.63, 3.8) is 0 Å². The minimum Gasteiger partial charge on any atom is -0.232 e. The van der Waals surface area contributed by atoms with Gasteiger partial charge in [0.25, 0.3) is 5.96 Å². The van der Waals surface area contributed by atoms with Crippen LogP contribution in [0.2, 0.25) is 0 Å². The molecule has 2 aliphatic heterocycles. The van der Waals surface area contributed by atoms with E-state index in [0.29, 0.717) is 11.5 Å². The number of fused-ring (bicyclic) bond motifs is 1. The van der Waals surface area contributed by atoms with Gasteiger partial charge in [0.15, 0.2) is 11.9 Å². The van der Waals surface area contributed by atoms with Crippen molar-refractivity contribution in [1.29, 1.82) is 0 Å². The average Bonchev–Trinajstić information content (AvgIpc) is 2.97. The molecule has 2 aliphatic rings. The lowest BCUT2D eigenvalue weighted by Crippen LogP contribution is -2.25. The van der Waals surface area contributed by atoms with E-state index in [1.54, 1.807) is 11.8 Å². The molecule has 1 unspecified atom stereocenters. The Morgan fingerprint density at radius 3 is 2.67 bits per heavy atom. The molecule has 2 N–H and O–H groups in total. The van der Waals surface area contributed by atoms with E-state index in [2.05, 4.69) is 30.2 Å². The molecule has 11 heteroatoms. The highest BCUT2D eigenvalue weighted by molar-refractivity contribution is 8.14. The second-order valence-corrected chi connectivity index (χ2v) is 7.53. The first-order valence-corrected chi connectivity index (χ1v) is 9.44. The fourth-order valence-electron chi connectivity index (χ4n) is 1.96. The van der Waals surface area contributed by atoms with Crippen LogP contribution in [-0.2, 0) is 10.0 Å². The number of benzene rings is 1. The maximum Gasteiger partial charge on any atom is 0.267 e. The molecule has 9 nitrogen and oxygen atoms in total. The first-order chi connectivity index (χ1) is 11.5. The van der Waals surface area contributed by atoms with Crippen LogP contribution in [0, 0.1) is 0 Å². The zero-order valence-electron chi connectivity index (χ0n) is 12.6. The second kappa shape index (κ2) is 6.71. The molecule has 0 amide bonds. The Bertz CT molecular complexity index is 899. The van der Waals surface area contributed by atoms with Crippen LogP contribution in [0.3, 0.4) is 0 Å². The second-order valence-electron chi connectivity index (χ2n) is 4.69. The Hall–Kier alpha value is -2.24. The SMILES string of the molecule is CCSC1=NC=NC2=NC(N=Nc3ccc(S(N)(=O)=O)cc3)=NC21. The molecule has 2 heterocycles. The summed E-state index contributed by atoms with van der Waals surface area (Å²) in [6, 6.07) is 5.39. The number of aliphatic imine (C=N–C) groups is 4. The number of rotatable bonds is 3. The largest absolute Gasteiger partial charge is 0.267 e. The van der Waals surface area contributed by atoms with E-state index in [1.807, 2.05) is 6.92 Å². The number of guanidine groups is 1. The Morgan fingerprint density at radius 2 is 2.00 bits per heavy atom. The average molecular weight is 363 g/mol. The Morgan fingerprint density at radius 1 is 1.25 bits per heavy atom. The number of hydrogen-bond acceptors (Lipinski definition) is 9. The van der Waals surface area contributed by atoms with Gasteiger partial charge in [-0.15, -0.1) is 22.0 Å². The summed E-state index contributed by atoms with van der Waals surface area (Å²) in [5.41, 5.74) is 0.459. The highest BCUT2D eigenvalue weighted by Crippen LogP contribution is 2.21. The zero-order valence-corrected chi connectivity index (χ0v) is 14.2. The summed E-state index contributed by atoms with van der Waals surface area (Å²) in [5, 5.41) is 13.8. The fraction of sp³-hybridized carbons (Fsp3) is 0.231. The van der Waals surface area contributed by atoms with Gasteiger partial charge in [0.05, 0.1) is 10.6 Å². The van der Waals surface area contributed by atoms with Crippen molar-refractivity contribution >= 4 is 50.6 Å². The van der Waals surface area contributed by atoms with E-state index in [4.69, 9.17) is 5.14 Å². The van der Waals surface area contributed by atoms with Crippen molar-refractivity contribution in [2.24, 2.45) is 35.3 Å². The van der Waals surface area contributed by atoms with Crippen LogP contribution >= 0.6 is 11.8 Å². The van der Waals surface area contributed by atoms with E-state index in [9.17, 15) is 8.42 Å². The number of amidine groups is 1. The molecule has 1 aromatic rings. The summed E-state index contributed by atoms with van der Waals surface area (Å²) in [6.45, 7) is 2.03. The van der Waals surface area contributed by atoms with Crippen molar-refractivity contribution in [1.82, 2.24) is 0 Å². The number of thioether (sulfide) groups is 1. The first kappa shape index (κ1) is 16.6. The number of sulfonamides is 1. The smallest absolute Gasteiger partial charge is 0.232 e. The van der Waals surface area contributed by atoms with Crippen molar-refractivity contribution < 1.29 is 8.42 Å². The van der Waals surface area contributed by atoms with Gasteiger partial charge in [-0.25, -0.2) is 28.5 Å². The quantitative estimate of drug-likeness (QED) is 0.819. The normalized spacial score (nSPS) is 19.9. The van der Waals surface area contributed by atoms with Gasteiger partial charge in [0.2, 0.25) is 10.0 Å². The number of nitrogens with zero attached hydrogens (tertiary/aromatic N) is 6. The van der Waals surface area contributed by atoms with E-state index < -0.39 is 10.0 Å². The topological polar surface area (TPSA) is 134 Å². The molecule has 1 aromatic carbocycles. The zero-order chi connectivity index (χ0) is 17.2. The van der Waals surface area contributed by atoms with Gasteiger partial charge in [-0.05, 0) is 30.0 Å². The standard InChI is InChI=1S/C13H13N7O2S2/c1-2-23-12-10-11(15-7-16-12)18-13(17-10)20-19-8-3-5-9(6-4-8)24(14,21)22/h3-7,10H,2H2,1H3,(H2,14,21,22). The van der Waals surface area contributed by atoms with Crippen molar-refractivity contribution in [2.75, 3.05) is 5.75 Å². The molecule has 124 valence electrons.